The molecule has 0 saturated carbocycles. The molecular formula is C10H20N2O2. The second kappa shape index (κ2) is 4.75. The van der Waals surface area contributed by atoms with Crippen LogP contribution in [0.15, 0.2) is 0 Å². The van der Waals surface area contributed by atoms with Gasteiger partial charge in [-0.2, -0.15) is 0 Å². The van der Waals surface area contributed by atoms with Crippen molar-refractivity contribution in [3.8, 4) is 0 Å². The zero-order valence-electron chi connectivity index (χ0n) is 9.41. The van der Waals surface area contributed by atoms with Crippen LogP contribution in [-0.2, 0) is 9.53 Å². The van der Waals surface area contributed by atoms with Gasteiger partial charge in [-0.25, -0.2) is 0 Å². The molecule has 14 heavy (non-hydrogen) atoms. The van der Waals surface area contributed by atoms with E-state index in [9.17, 15) is 4.79 Å². The number of carbonyl (C=O) groups is 1. The van der Waals surface area contributed by atoms with Crippen LogP contribution < -0.4 is 5.32 Å². The first-order valence-corrected chi connectivity index (χ1v) is 5.11. The summed E-state index contributed by atoms with van der Waals surface area (Å²) in [5.41, 5.74) is 0. The summed E-state index contributed by atoms with van der Waals surface area (Å²) in [5, 5.41) is 3.13. The highest BCUT2D eigenvalue weighted by molar-refractivity contribution is 5.81. The predicted molar refractivity (Wildman–Crippen MR) is 54.8 cm³/mol. The number of rotatable bonds is 4. The zero-order valence-corrected chi connectivity index (χ0v) is 9.41. The van der Waals surface area contributed by atoms with Crippen molar-refractivity contribution < 1.29 is 9.53 Å². The smallest absolute Gasteiger partial charge is 0.238 e. The molecule has 1 saturated heterocycles. The van der Waals surface area contributed by atoms with E-state index in [1.54, 1.807) is 7.11 Å². The van der Waals surface area contributed by atoms with Crippen molar-refractivity contribution in [3.05, 3.63) is 0 Å². The van der Waals surface area contributed by atoms with Gasteiger partial charge in [0, 0.05) is 7.11 Å². The maximum absolute atomic E-state index is 11.6. The van der Waals surface area contributed by atoms with Gasteiger partial charge in [0.05, 0.1) is 25.4 Å². The molecule has 1 amide bonds. The number of nitrogens with one attached hydrogen (secondary N) is 1. The quantitative estimate of drug-likeness (QED) is 0.716. The van der Waals surface area contributed by atoms with Crippen LogP contribution >= 0.6 is 0 Å². The third-order valence-corrected chi connectivity index (χ3v) is 2.72. The molecule has 0 aromatic rings. The van der Waals surface area contributed by atoms with Crippen molar-refractivity contribution >= 4 is 5.91 Å². The Kier molecular flexibility index (Phi) is 3.89. The molecule has 4 nitrogen and oxygen atoms in total. The van der Waals surface area contributed by atoms with Crippen LogP contribution in [0.5, 0.6) is 0 Å². The standard InChI is InChI=1S/C10H20N2O2/c1-7(2)9(6-14-4)12-8(3)11-5-10(12)13/h7-9,11H,5-6H2,1-4H3. The molecule has 1 rings (SSSR count). The van der Waals surface area contributed by atoms with Crippen LogP contribution in [0.3, 0.4) is 0 Å². The Balaban J connectivity index is 2.70. The van der Waals surface area contributed by atoms with Crippen molar-refractivity contribution in [2.24, 2.45) is 5.92 Å². The lowest BCUT2D eigenvalue weighted by atomic mass is 10.0. The number of hydrogen-bond acceptors (Lipinski definition) is 3. The summed E-state index contributed by atoms with van der Waals surface area (Å²) < 4.78 is 5.15. The molecule has 1 fully saturated rings. The van der Waals surface area contributed by atoms with Gasteiger partial charge in [-0.3, -0.25) is 10.1 Å². The Morgan fingerprint density at radius 1 is 1.64 bits per heavy atom. The van der Waals surface area contributed by atoms with Crippen molar-refractivity contribution in [1.82, 2.24) is 10.2 Å². The monoisotopic (exact) mass is 200 g/mol. The largest absolute Gasteiger partial charge is 0.383 e. The lowest BCUT2D eigenvalue weighted by molar-refractivity contribution is -0.132. The topological polar surface area (TPSA) is 41.6 Å². The lowest BCUT2D eigenvalue weighted by Crippen LogP contribution is -2.48. The molecule has 1 aliphatic rings. The van der Waals surface area contributed by atoms with Gasteiger partial charge in [0.25, 0.3) is 0 Å². The molecule has 2 atom stereocenters. The fraction of sp³-hybridized carbons (Fsp3) is 0.900. The second-order valence-corrected chi connectivity index (χ2v) is 4.12. The van der Waals surface area contributed by atoms with E-state index in [0.717, 1.165) is 0 Å². The van der Waals surface area contributed by atoms with Crippen LogP contribution in [-0.4, -0.2) is 43.3 Å². The van der Waals surface area contributed by atoms with Gasteiger partial charge in [0.15, 0.2) is 0 Å². The highest BCUT2D eigenvalue weighted by atomic mass is 16.5. The van der Waals surface area contributed by atoms with E-state index in [4.69, 9.17) is 4.74 Å². The van der Waals surface area contributed by atoms with Crippen LogP contribution in [0.25, 0.3) is 0 Å². The van der Waals surface area contributed by atoms with Gasteiger partial charge in [-0.1, -0.05) is 13.8 Å². The lowest BCUT2D eigenvalue weighted by Gasteiger charge is -2.33. The molecule has 0 aliphatic carbocycles. The van der Waals surface area contributed by atoms with E-state index in [-0.39, 0.29) is 18.1 Å². The van der Waals surface area contributed by atoms with Crippen molar-refractivity contribution in [2.75, 3.05) is 20.3 Å². The molecule has 0 radical (unpaired) electrons. The summed E-state index contributed by atoms with van der Waals surface area (Å²) in [4.78, 5) is 13.5. The minimum absolute atomic E-state index is 0.130. The van der Waals surface area contributed by atoms with Crippen molar-refractivity contribution in [1.29, 1.82) is 0 Å². The van der Waals surface area contributed by atoms with E-state index < -0.39 is 0 Å². The maximum Gasteiger partial charge on any atom is 0.238 e. The number of nitrogens with zero attached hydrogens (tertiary/aromatic N) is 1. The van der Waals surface area contributed by atoms with Gasteiger partial charge >= 0.3 is 0 Å². The number of hydrogen-bond donors (Lipinski definition) is 1. The average Bonchev–Trinajstić information content (AvgIpc) is 2.43. The fourth-order valence-electron chi connectivity index (χ4n) is 1.88. The Morgan fingerprint density at radius 3 is 2.64 bits per heavy atom. The summed E-state index contributed by atoms with van der Waals surface area (Å²) in [6.07, 6.45) is 0.130. The Morgan fingerprint density at radius 2 is 2.29 bits per heavy atom. The third kappa shape index (κ3) is 2.25. The van der Waals surface area contributed by atoms with Gasteiger partial charge in [0.2, 0.25) is 5.91 Å². The van der Waals surface area contributed by atoms with Gasteiger partial charge < -0.3 is 9.64 Å². The van der Waals surface area contributed by atoms with Crippen LogP contribution in [0.4, 0.5) is 0 Å². The summed E-state index contributed by atoms with van der Waals surface area (Å²) in [6, 6.07) is 0.178. The Bertz CT molecular complexity index is 206. The van der Waals surface area contributed by atoms with Gasteiger partial charge in [-0.15, -0.1) is 0 Å². The molecule has 0 bridgehead atoms. The normalized spacial score (nSPS) is 24.8. The number of methoxy groups -OCH3 is 1. The molecule has 0 spiro atoms. The highest BCUT2D eigenvalue weighted by Crippen LogP contribution is 2.17. The van der Waals surface area contributed by atoms with Crippen LogP contribution in [0, 0.1) is 5.92 Å². The number of ether oxygens (including phenoxy) is 1. The van der Waals surface area contributed by atoms with Gasteiger partial charge in [0.1, 0.15) is 0 Å². The summed E-state index contributed by atoms with van der Waals surface area (Å²) in [5.74, 6) is 0.592. The highest BCUT2D eigenvalue weighted by Gasteiger charge is 2.34. The Labute approximate surface area is 85.6 Å². The fourth-order valence-corrected chi connectivity index (χ4v) is 1.88. The van der Waals surface area contributed by atoms with E-state index >= 15 is 0 Å². The van der Waals surface area contributed by atoms with Crippen molar-refractivity contribution in [2.45, 2.75) is 33.0 Å². The van der Waals surface area contributed by atoms with E-state index in [0.29, 0.717) is 19.1 Å². The van der Waals surface area contributed by atoms with Crippen LogP contribution in [0.1, 0.15) is 20.8 Å². The average molecular weight is 200 g/mol. The SMILES string of the molecule is COCC(C(C)C)N1C(=O)CNC1C. The molecule has 1 aliphatic heterocycles. The maximum atomic E-state index is 11.6. The third-order valence-electron chi connectivity index (χ3n) is 2.72. The molecule has 0 aromatic heterocycles. The van der Waals surface area contributed by atoms with E-state index in [1.807, 2.05) is 11.8 Å². The molecule has 82 valence electrons. The number of amides is 1. The van der Waals surface area contributed by atoms with Crippen LogP contribution in [0.2, 0.25) is 0 Å². The second-order valence-electron chi connectivity index (χ2n) is 4.12. The van der Waals surface area contributed by atoms with E-state index in [2.05, 4.69) is 19.2 Å². The van der Waals surface area contributed by atoms with E-state index in [1.165, 1.54) is 0 Å². The molecular weight excluding hydrogens is 180 g/mol. The summed E-state index contributed by atoms with van der Waals surface area (Å²) in [6.45, 7) is 7.30. The first-order valence-electron chi connectivity index (χ1n) is 5.11. The molecule has 4 heteroatoms. The van der Waals surface area contributed by atoms with Crippen molar-refractivity contribution in [3.63, 3.8) is 0 Å². The summed E-state index contributed by atoms with van der Waals surface area (Å²) in [7, 11) is 1.67. The first kappa shape index (κ1) is 11.5. The minimum Gasteiger partial charge on any atom is -0.383 e. The molecule has 0 aromatic carbocycles. The Hall–Kier alpha value is -0.610. The summed E-state index contributed by atoms with van der Waals surface area (Å²) >= 11 is 0. The molecule has 2 unspecified atom stereocenters. The number of carbonyl (C=O) groups excluding carboxylic acids is 1. The zero-order chi connectivity index (χ0) is 10.7. The predicted octanol–water partition coefficient (Wildman–Crippen LogP) is 0.435. The molecule has 1 N–H and O–H groups in total. The molecule has 1 heterocycles. The first-order chi connectivity index (χ1) is 6.57. The minimum atomic E-state index is 0.130. The van der Waals surface area contributed by atoms with Gasteiger partial charge in [-0.05, 0) is 12.8 Å².